The first-order valence-electron chi connectivity index (χ1n) is 7.64. The van der Waals surface area contributed by atoms with E-state index >= 15 is 0 Å². The molecule has 0 aliphatic heterocycles. The zero-order chi connectivity index (χ0) is 14.5. The maximum absolute atomic E-state index is 5.64. The molecule has 0 saturated heterocycles. The van der Waals surface area contributed by atoms with Crippen molar-refractivity contribution in [2.24, 2.45) is 5.73 Å². The Morgan fingerprint density at radius 3 is 2.71 bits per heavy atom. The second kappa shape index (κ2) is 6.83. The summed E-state index contributed by atoms with van der Waals surface area (Å²) in [5.74, 6) is 2.13. The van der Waals surface area contributed by atoms with Crippen LogP contribution in [-0.2, 0) is 13.1 Å². The molecule has 3 rings (SSSR count). The molecule has 112 valence electrons. The maximum atomic E-state index is 5.64. The van der Waals surface area contributed by atoms with Gasteiger partial charge in [0.2, 0.25) is 5.89 Å². The summed E-state index contributed by atoms with van der Waals surface area (Å²) >= 11 is 0. The van der Waals surface area contributed by atoms with Gasteiger partial charge in [-0.15, -0.1) is 0 Å². The van der Waals surface area contributed by atoms with E-state index in [1.165, 1.54) is 18.4 Å². The van der Waals surface area contributed by atoms with E-state index in [1.54, 1.807) is 0 Å². The standard InChI is InChI=1S/C16H22N4O/c17-9-4-10-20(11-13-5-2-1-3-6-13)12-15-18-16(19-21-15)14-7-8-14/h1-3,5-6,14H,4,7-12,17H2. The highest BCUT2D eigenvalue weighted by molar-refractivity contribution is 5.14. The first-order valence-corrected chi connectivity index (χ1v) is 7.64. The van der Waals surface area contributed by atoms with Gasteiger partial charge in [-0.05, 0) is 31.4 Å². The fraction of sp³-hybridized carbons (Fsp3) is 0.500. The molecule has 0 spiro atoms. The van der Waals surface area contributed by atoms with Crippen molar-refractivity contribution >= 4 is 0 Å². The van der Waals surface area contributed by atoms with Gasteiger partial charge in [-0.3, -0.25) is 4.90 Å². The fourth-order valence-corrected chi connectivity index (χ4v) is 2.40. The van der Waals surface area contributed by atoms with Crippen LogP contribution in [-0.4, -0.2) is 28.1 Å². The Balaban J connectivity index is 1.63. The summed E-state index contributed by atoms with van der Waals surface area (Å²) in [6, 6.07) is 10.4. The van der Waals surface area contributed by atoms with Gasteiger partial charge in [0.1, 0.15) is 0 Å². The molecule has 2 N–H and O–H groups in total. The Kier molecular flexibility index (Phi) is 4.62. The quantitative estimate of drug-likeness (QED) is 0.806. The van der Waals surface area contributed by atoms with E-state index in [0.29, 0.717) is 24.9 Å². The minimum Gasteiger partial charge on any atom is -0.338 e. The highest BCUT2D eigenvalue weighted by atomic mass is 16.5. The molecule has 2 aromatic rings. The van der Waals surface area contributed by atoms with Crippen LogP contribution in [0.4, 0.5) is 0 Å². The molecular weight excluding hydrogens is 264 g/mol. The fourth-order valence-electron chi connectivity index (χ4n) is 2.40. The first kappa shape index (κ1) is 14.2. The summed E-state index contributed by atoms with van der Waals surface area (Å²) in [6.45, 7) is 3.20. The highest BCUT2D eigenvalue weighted by Crippen LogP contribution is 2.38. The summed E-state index contributed by atoms with van der Waals surface area (Å²) in [4.78, 5) is 6.82. The van der Waals surface area contributed by atoms with E-state index in [0.717, 1.165) is 25.3 Å². The minimum absolute atomic E-state index is 0.536. The van der Waals surface area contributed by atoms with Crippen molar-refractivity contribution in [2.75, 3.05) is 13.1 Å². The lowest BCUT2D eigenvalue weighted by Crippen LogP contribution is -2.25. The molecule has 1 aromatic heterocycles. The summed E-state index contributed by atoms with van der Waals surface area (Å²) in [5.41, 5.74) is 6.93. The van der Waals surface area contributed by atoms with E-state index in [2.05, 4.69) is 39.3 Å². The van der Waals surface area contributed by atoms with Gasteiger partial charge in [-0.25, -0.2) is 0 Å². The van der Waals surface area contributed by atoms with Crippen LogP contribution in [0, 0.1) is 0 Å². The molecule has 1 fully saturated rings. The third-order valence-electron chi connectivity index (χ3n) is 3.71. The van der Waals surface area contributed by atoms with E-state index in [9.17, 15) is 0 Å². The largest absolute Gasteiger partial charge is 0.338 e. The summed E-state index contributed by atoms with van der Waals surface area (Å²) in [6.07, 6.45) is 3.36. The normalized spacial score (nSPS) is 14.8. The van der Waals surface area contributed by atoms with E-state index in [-0.39, 0.29) is 0 Å². The number of hydrogen-bond donors (Lipinski definition) is 1. The number of nitrogens with zero attached hydrogens (tertiary/aromatic N) is 3. The van der Waals surface area contributed by atoms with Gasteiger partial charge in [0, 0.05) is 19.0 Å². The van der Waals surface area contributed by atoms with Gasteiger partial charge in [0.05, 0.1) is 6.54 Å². The molecule has 0 radical (unpaired) electrons. The highest BCUT2D eigenvalue weighted by Gasteiger charge is 2.28. The molecule has 0 bridgehead atoms. The molecule has 1 aliphatic rings. The van der Waals surface area contributed by atoms with E-state index in [4.69, 9.17) is 10.3 Å². The Morgan fingerprint density at radius 2 is 2.00 bits per heavy atom. The minimum atomic E-state index is 0.536. The topological polar surface area (TPSA) is 68.2 Å². The van der Waals surface area contributed by atoms with E-state index < -0.39 is 0 Å². The van der Waals surface area contributed by atoms with Crippen LogP contribution in [0.3, 0.4) is 0 Å². The van der Waals surface area contributed by atoms with Gasteiger partial charge in [0.25, 0.3) is 0 Å². The Hall–Kier alpha value is -1.72. The summed E-state index contributed by atoms with van der Waals surface area (Å²) < 4.78 is 5.38. The van der Waals surface area contributed by atoms with Crippen LogP contribution in [0.25, 0.3) is 0 Å². The zero-order valence-electron chi connectivity index (χ0n) is 12.2. The number of hydrogen-bond acceptors (Lipinski definition) is 5. The van der Waals surface area contributed by atoms with Gasteiger partial charge in [-0.2, -0.15) is 4.98 Å². The molecule has 1 heterocycles. The lowest BCUT2D eigenvalue weighted by atomic mass is 10.2. The van der Waals surface area contributed by atoms with Crippen LogP contribution < -0.4 is 5.73 Å². The van der Waals surface area contributed by atoms with Gasteiger partial charge in [-0.1, -0.05) is 35.5 Å². The van der Waals surface area contributed by atoms with Crippen LogP contribution in [0.15, 0.2) is 34.9 Å². The predicted octanol–water partition coefficient (Wildman–Crippen LogP) is 2.30. The first-order chi connectivity index (χ1) is 10.3. The van der Waals surface area contributed by atoms with Crippen molar-refractivity contribution in [3.63, 3.8) is 0 Å². The molecule has 5 nitrogen and oxygen atoms in total. The second-order valence-electron chi connectivity index (χ2n) is 5.66. The molecule has 0 unspecified atom stereocenters. The molecule has 1 aliphatic carbocycles. The third kappa shape index (κ3) is 4.12. The van der Waals surface area contributed by atoms with Crippen LogP contribution >= 0.6 is 0 Å². The Morgan fingerprint density at radius 1 is 1.19 bits per heavy atom. The van der Waals surface area contributed by atoms with E-state index in [1.807, 2.05) is 6.07 Å². The number of benzene rings is 1. The molecule has 21 heavy (non-hydrogen) atoms. The van der Waals surface area contributed by atoms with Gasteiger partial charge in [0.15, 0.2) is 5.82 Å². The third-order valence-corrected chi connectivity index (χ3v) is 3.71. The molecule has 0 amide bonds. The lowest BCUT2D eigenvalue weighted by Gasteiger charge is -2.20. The van der Waals surface area contributed by atoms with Crippen molar-refractivity contribution in [1.29, 1.82) is 0 Å². The SMILES string of the molecule is NCCCN(Cc1ccccc1)Cc1nc(C2CC2)no1. The molecule has 1 saturated carbocycles. The van der Waals surface area contributed by atoms with Crippen LogP contribution in [0.1, 0.15) is 42.5 Å². The van der Waals surface area contributed by atoms with Gasteiger partial charge >= 0.3 is 0 Å². The molecule has 5 heteroatoms. The maximum Gasteiger partial charge on any atom is 0.240 e. The Bertz CT molecular complexity index is 550. The lowest BCUT2D eigenvalue weighted by molar-refractivity contribution is 0.217. The monoisotopic (exact) mass is 286 g/mol. The van der Waals surface area contributed by atoms with Gasteiger partial charge < -0.3 is 10.3 Å². The molecule has 1 aromatic carbocycles. The van der Waals surface area contributed by atoms with Crippen LogP contribution in [0.2, 0.25) is 0 Å². The molecular formula is C16H22N4O. The van der Waals surface area contributed by atoms with Crippen LogP contribution in [0.5, 0.6) is 0 Å². The van der Waals surface area contributed by atoms with Crippen molar-refractivity contribution in [2.45, 2.75) is 38.3 Å². The number of aromatic nitrogens is 2. The second-order valence-corrected chi connectivity index (χ2v) is 5.66. The Labute approximate surface area is 125 Å². The predicted molar refractivity (Wildman–Crippen MR) is 80.5 cm³/mol. The van der Waals surface area contributed by atoms with Crippen molar-refractivity contribution < 1.29 is 4.52 Å². The molecule has 0 atom stereocenters. The number of nitrogens with two attached hydrogens (primary N) is 1. The zero-order valence-corrected chi connectivity index (χ0v) is 12.2. The smallest absolute Gasteiger partial charge is 0.240 e. The average molecular weight is 286 g/mol. The summed E-state index contributed by atoms with van der Waals surface area (Å²) in [7, 11) is 0. The average Bonchev–Trinajstić information content (AvgIpc) is 3.26. The number of rotatable bonds is 8. The summed E-state index contributed by atoms with van der Waals surface area (Å²) in [5, 5.41) is 4.08. The van der Waals surface area contributed by atoms with Crippen molar-refractivity contribution in [1.82, 2.24) is 15.0 Å². The van der Waals surface area contributed by atoms with Crippen molar-refractivity contribution in [3.05, 3.63) is 47.6 Å². The van der Waals surface area contributed by atoms with Crippen molar-refractivity contribution in [3.8, 4) is 0 Å².